The van der Waals surface area contributed by atoms with Gasteiger partial charge in [-0.05, 0) is 32.6 Å². The van der Waals surface area contributed by atoms with E-state index in [0.29, 0.717) is 38.9 Å². The minimum atomic E-state index is -3.12. The van der Waals surface area contributed by atoms with E-state index in [4.69, 9.17) is 10.5 Å². The first-order valence-corrected chi connectivity index (χ1v) is 9.21. The predicted octanol–water partition coefficient (Wildman–Crippen LogP) is -0.577. The van der Waals surface area contributed by atoms with Crippen molar-refractivity contribution in [3.05, 3.63) is 0 Å². The molecule has 2 rings (SSSR count). The fourth-order valence-electron chi connectivity index (χ4n) is 2.83. The minimum absolute atomic E-state index is 0.0164. The van der Waals surface area contributed by atoms with Crippen LogP contribution in [0.2, 0.25) is 0 Å². The molecule has 21 heavy (non-hydrogen) atoms. The molecule has 0 bridgehead atoms. The molecule has 0 saturated carbocycles. The van der Waals surface area contributed by atoms with Gasteiger partial charge in [-0.1, -0.05) is 0 Å². The number of nitrogens with zero attached hydrogens (tertiary/aromatic N) is 1. The van der Waals surface area contributed by atoms with Crippen LogP contribution < -0.4 is 11.1 Å². The van der Waals surface area contributed by atoms with Crippen molar-refractivity contribution in [1.29, 1.82) is 0 Å². The van der Waals surface area contributed by atoms with Gasteiger partial charge in [0.25, 0.3) is 0 Å². The van der Waals surface area contributed by atoms with Gasteiger partial charge in [0.2, 0.25) is 15.9 Å². The summed E-state index contributed by atoms with van der Waals surface area (Å²) < 4.78 is 30.6. The zero-order chi connectivity index (χ0) is 15.5. The molecular formula is C13H25N3O4S. The van der Waals surface area contributed by atoms with Crippen LogP contribution in [0.5, 0.6) is 0 Å². The van der Waals surface area contributed by atoms with Crippen LogP contribution in [-0.2, 0) is 19.6 Å². The number of rotatable bonds is 5. The maximum absolute atomic E-state index is 12.1. The molecular weight excluding hydrogens is 294 g/mol. The molecule has 2 heterocycles. The monoisotopic (exact) mass is 319 g/mol. The van der Waals surface area contributed by atoms with E-state index in [0.717, 1.165) is 6.42 Å². The summed E-state index contributed by atoms with van der Waals surface area (Å²) in [6.07, 6.45) is 2.41. The first-order chi connectivity index (χ1) is 9.96. The van der Waals surface area contributed by atoms with Crippen LogP contribution in [0.25, 0.3) is 0 Å². The first kappa shape index (κ1) is 16.7. The Morgan fingerprint density at radius 2 is 1.95 bits per heavy atom. The summed E-state index contributed by atoms with van der Waals surface area (Å²) in [5.74, 6) is 0.0307. The lowest BCUT2D eigenvalue weighted by molar-refractivity contribution is -0.132. The van der Waals surface area contributed by atoms with Crippen molar-refractivity contribution in [2.24, 2.45) is 5.73 Å². The molecule has 2 aliphatic rings. The Morgan fingerprint density at radius 1 is 1.29 bits per heavy atom. The van der Waals surface area contributed by atoms with Gasteiger partial charge < -0.3 is 15.8 Å². The van der Waals surface area contributed by atoms with Crippen LogP contribution in [-0.4, -0.2) is 62.3 Å². The van der Waals surface area contributed by atoms with E-state index in [1.165, 1.54) is 4.31 Å². The average Bonchev–Trinajstić information content (AvgIpc) is 2.97. The highest BCUT2D eigenvalue weighted by Crippen LogP contribution is 2.20. The van der Waals surface area contributed by atoms with E-state index in [2.05, 4.69) is 5.32 Å². The molecule has 0 spiro atoms. The summed E-state index contributed by atoms with van der Waals surface area (Å²) in [7, 11) is -3.12. The lowest BCUT2D eigenvalue weighted by Crippen LogP contribution is -2.49. The summed E-state index contributed by atoms with van der Waals surface area (Å²) >= 11 is 0. The molecule has 0 aromatic rings. The Morgan fingerprint density at radius 3 is 2.48 bits per heavy atom. The Kier molecular flexibility index (Phi) is 5.59. The zero-order valence-corrected chi connectivity index (χ0v) is 13.3. The first-order valence-electron chi connectivity index (χ1n) is 7.60. The highest BCUT2D eigenvalue weighted by molar-refractivity contribution is 7.89. The number of hydrogen-bond acceptors (Lipinski definition) is 5. The second-order valence-corrected chi connectivity index (χ2v) is 7.90. The quantitative estimate of drug-likeness (QED) is 0.706. The Balaban J connectivity index is 1.77. The van der Waals surface area contributed by atoms with E-state index < -0.39 is 16.1 Å². The molecule has 2 fully saturated rings. The van der Waals surface area contributed by atoms with E-state index in [1.807, 2.05) is 0 Å². The highest BCUT2D eigenvalue weighted by Gasteiger charge is 2.32. The molecule has 0 aromatic carbocycles. The molecule has 122 valence electrons. The molecule has 3 N–H and O–H groups in total. The number of hydrogen-bond donors (Lipinski definition) is 2. The van der Waals surface area contributed by atoms with Gasteiger partial charge in [0.1, 0.15) is 6.10 Å². The zero-order valence-electron chi connectivity index (χ0n) is 12.5. The number of nitrogens with two attached hydrogens (primary N) is 1. The van der Waals surface area contributed by atoms with Gasteiger partial charge in [-0.3, -0.25) is 4.79 Å². The Hall–Kier alpha value is -0.700. The third-order valence-electron chi connectivity index (χ3n) is 4.22. The van der Waals surface area contributed by atoms with Crippen LogP contribution in [0, 0.1) is 0 Å². The van der Waals surface area contributed by atoms with Crippen LogP contribution in [0.4, 0.5) is 0 Å². The number of sulfonamides is 1. The van der Waals surface area contributed by atoms with E-state index in [-0.39, 0.29) is 23.8 Å². The van der Waals surface area contributed by atoms with Crippen LogP contribution >= 0.6 is 0 Å². The van der Waals surface area contributed by atoms with Gasteiger partial charge in [0, 0.05) is 25.7 Å². The second kappa shape index (κ2) is 7.04. The number of amides is 1. The van der Waals surface area contributed by atoms with Gasteiger partial charge >= 0.3 is 0 Å². The van der Waals surface area contributed by atoms with Crippen molar-refractivity contribution in [3.8, 4) is 0 Å². The van der Waals surface area contributed by atoms with Crippen LogP contribution in [0.3, 0.4) is 0 Å². The lowest BCUT2D eigenvalue weighted by Gasteiger charge is -2.31. The minimum Gasteiger partial charge on any atom is -0.364 e. The van der Waals surface area contributed by atoms with Crippen LogP contribution in [0.1, 0.15) is 32.6 Å². The van der Waals surface area contributed by atoms with E-state index in [1.54, 1.807) is 6.92 Å². The number of carbonyl (C=O) groups excluding carboxylic acids is 1. The van der Waals surface area contributed by atoms with Gasteiger partial charge in [-0.2, -0.15) is 0 Å². The summed E-state index contributed by atoms with van der Waals surface area (Å²) in [5, 5.41) is 2.97. The van der Waals surface area contributed by atoms with Crippen molar-refractivity contribution in [1.82, 2.24) is 9.62 Å². The number of piperidine rings is 1. The largest absolute Gasteiger partial charge is 0.364 e. The van der Waals surface area contributed by atoms with Gasteiger partial charge in [0.05, 0.1) is 11.9 Å². The SMILES string of the molecule is CCS(=O)(=O)N1CCC(NC(=O)C2CCC(CN)O2)CC1. The third kappa shape index (κ3) is 4.15. The second-order valence-electron chi connectivity index (χ2n) is 5.64. The Bertz CT molecular complexity index is 460. The van der Waals surface area contributed by atoms with Crippen molar-refractivity contribution < 1.29 is 17.9 Å². The number of ether oxygens (including phenoxy) is 1. The third-order valence-corrected chi connectivity index (χ3v) is 6.10. The Labute approximate surface area is 126 Å². The smallest absolute Gasteiger partial charge is 0.249 e. The fraction of sp³-hybridized carbons (Fsp3) is 0.923. The van der Waals surface area contributed by atoms with Crippen molar-refractivity contribution in [2.45, 2.75) is 50.9 Å². The highest BCUT2D eigenvalue weighted by atomic mass is 32.2. The molecule has 1 amide bonds. The standard InChI is InChI=1S/C13H25N3O4S/c1-2-21(18,19)16-7-5-10(6-8-16)15-13(17)12-4-3-11(9-14)20-12/h10-12H,2-9,14H2,1H3,(H,15,17). The number of carbonyl (C=O) groups is 1. The topological polar surface area (TPSA) is 102 Å². The molecule has 2 atom stereocenters. The maximum Gasteiger partial charge on any atom is 0.249 e. The van der Waals surface area contributed by atoms with Crippen molar-refractivity contribution in [2.75, 3.05) is 25.4 Å². The summed E-state index contributed by atoms with van der Waals surface area (Å²) in [5.41, 5.74) is 5.53. The van der Waals surface area contributed by atoms with E-state index >= 15 is 0 Å². The van der Waals surface area contributed by atoms with Crippen LogP contribution in [0.15, 0.2) is 0 Å². The van der Waals surface area contributed by atoms with E-state index in [9.17, 15) is 13.2 Å². The molecule has 2 saturated heterocycles. The van der Waals surface area contributed by atoms with Gasteiger partial charge in [-0.15, -0.1) is 0 Å². The molecule has 2 aliphatic heterocycles. The molecule has 0 aromatic heterocycles. The average molecular weight is 319 g/mol. The molecule has 0 radical (unpaired) electrons. The number of nitrogens with one attached hydrogen (secondary N) is 1. The fourth-order valence-corrected chi connectivity index (χ4v) is 3.96. The maximum atomic E-state index is 12.1. The van der Waals surface area contributed by atoms with Crippen molar-refractivity contribution in [3.63, 3.8) is 0 Å². The molecule has 8 heteroatoms. The lowest BCUT2D eigenvalue weighted by atomic mass is 10.1. The van der Waals surface area contributed by atoms with Gasteiger partial charge in [-0.25, -0.2) is 12.7 Å². The van der Waals surface area contributed by atoms with Gasteiger partial charge in [0.15, 0.2) is 0 Å². The molecule has 2 unspecified atom stereocenters. The van der Waals surface area contributed by atoms with Crippen molar-refractivity contribution >= 4 is 15.9 Å². The summed E-state index contributed by atoms with van der Waals surface area (Å²) in [4.78, 5) is 12.1. The molecule has 7 nitrogen and oxygen atoms in total. The normalized spacial score (nSPS) is 28.7. The summed E-state index contributed by atoms with van der Waals surface area (Å²) in [6.45, 7) is 3.03. The predicted molar refractivity (Wildman–Crippen MR) is 79.1 cm³/mol. The summed E-state index contributed by atoms with van der Waals surface area (Å²) in [6, 6.07) is 0.0290. The molecule has 0 aliphatic carbocycles.